The van der Waals surface area contributed by atoms with E-state index in [0.717, 1.165) is 0 Å². The molecular formula is C11H20O7. The van der Waals surface area contributed by atoms with Crippen molar-refractivity contribution in [2.45, 2.75) is 49.7 Å². The zero-order valence-electron chi connectivity index (χ0n) is 10.0. The lowest BCUT2D eigenvalue weighted by molar-refractivity contribution is -0.279. The molecule has 18 heavy (non-hydrogen) atoms. The number of aliphatic hydroxyl groups excluding tert-OH is 4. The standard InChI is InChI=1S/C11H20O7/c12-3-9-11(15)8(14)2-10(18-9)17-7-1-6(13)4-16-5-7/h6-15H,1-5H2/t6-,7+,8-,9-,10-,11+/m0/s1. The van der Waals surface area contributed by atoms with E-state index in [1.165, 1.54) is 0 Å². The molecule has 2 aliphatic rings. The monoisotopic (exact) mass is 264 g/mol. The second kappa shape index (κ2) is 6.25. The van der Waals surface area contributed by atoms with Crippen molar-refractivity contribution in [2.75, 3.05) is 19.8 Å². The summed E-state index contributed by atoms with van der Waals surface area (Å²) in [6.45, 7) is 0.271. The first-order chi connectivity index (χ1) is 8.60. The Morgan fingerprint density at radius 1 is 1.11 bits per heavy atom. The summed E-state index contributed by atoms with van der Waals surface area (Å²) in [6.07, 6.45) is -3.95. The molecule has 0 aliphatic carbocycles. The Morgan fingerprint density at radius 2 is 1.89 bits per heavy atom. The third kappa shape index (κ3) is 3.39. The Bertz CT molecular complexity index is 262. The smallest absolute Gasteiger partial charge is 0.161 e. The van der Waals surface area contributed by atoms with Crippen LogP contribution in [0, 0.1) is 0 Å². The van der Waals surface area contributed by atoms with Gasteiger partial charge in [-0.15, -0.1) is 0 Å². The SMILES string of the molecule is OC[C@@H]1O[C@H](O[C@H]2COC[C@@H](O)C2)C[C@H](O)[C@H]1O. The molecule has 6 atom stereocenters. The fraction of sp³-hybridized carbons (Fsp3) is 1.00. The van der Waals surface area contributed by atoms with Crippen LogP contribution in [-0.2, 0) is 14.2 Å². The van der Waals surface area contributed by atoms with Crippen molar-refractivity contribution in [1.29, 1.82) is 0 Å². The topological polar surface area (TPSA) is 109 Å². The van der Waals surface area contributed by atoms with Crippen LogP contribution in [0.5, 0.6) is 0 Å². The highest BCUT2D eigenvalue weighted by Crippen LogP contribution is 2.24. The highest BCUT2D eigenvalue weighted by molar-refractivity contribution is 4.83. The van der Waals surface area contributed by atoms with Gasteiger partial charge >= 0.3 is 0 Å². The second-order valence-electron chi connectivity index (χ2n) is 4.77. The number of rotatable bonds is 3. The number of hydrogen-bond acceptors (Lipinski definition) is 7. The maximum Gasteiger partial charge on any atom is 0.161 e. The highest BCUT2D eigenvalue weighted by Gasteiger charge is 2.38. The van der Waals surface area contributed by atoms with Crippen LogP contribution in [0.4, 0.5) is 0 Å². The van der Waals surface area contributed by atoms with Crippen molar-refractivity contribution in [1.82, 2.24) is 0 Å². The zero-order valence-corrected chi connectivity index (χ0v) is 10.0. The molecule has 0 aromatic heterocycles. The minimum Gasteiger partial charge on any atom is -0.394 e. The first kappa shape index (κ1) is 14.1. The third-order valence-corrected chi connectivity index (χ3v) is 3.21. The second-order valence-corrected chi connectivity index (χ2v) is 4.77. The fourth-order valence-corrected chi connectivity index (χ4v) is 2.24. The van der Waals surface area contributed by atoms with Gasteiger partial charge in [-0.05, 0) is 0 Å². The highest BCUT2D eigenvalue weighted by atomic mass is 16.7. The normalized spacial score (nSPS) is 46.0. The molecule has 7 heteroatoms. The van der Waals surface area contributed by atoms with E-state index >= 15 is 0 Å². The lowest BCUT2D eigenvalue weighted by Gasteiger charge is -2.38. The molecule has 2 aliphatic heterocycles. The molecule has 0 spiro atoms. The Hall–Kier alpha value is -0.280. The van der Waals surface area contributed by atoms with Crippen molar-refractivity contribution in [2.24, 2.45) is 0 Å². The van der Waals surface area contributed by atoms with Crippen LogP contribution in [0.25, 0.3) is 0 Å². The average Bonchev–Trinajstić information content (AvgIpc) is 2.33. The van der Waals surface area contributed by atoms with Crippen molar-refractivity contribution in [3.05, 3.63) is 0 Å². The van der Waals surface area contributed by atoms with E-state index in [2.05, 4.69) is 0 Å². The number of ether oxygens (including phenoxy) is 3. The predicted molar refractivity (Wildman–Crippen MR) is 58.7 cm³/mol. The number of aliphatic hydroxyl groups is 4. The van der Waals surface area contributed by atoms with Crippen molar-refractivity contribution in [3.63, 3.8) is 0 Å². The van der Waals surface area contributed by atoms with Gasteiger partial charge in [0.25, 0.3) is 0 Å². The Kier molecular flexibility index (Phi) is 4.91. The predicted octanol–water partition coefficient (Wildman–Crippen LogP) is -2.02. The van der Waals surface area contributed by atoms with Crippen LogP contribution >= 0.6 is 0 Å². The first-order valence-corrected chi connectivity index (χ1v) is 6.14. The van der Waals surface area contributed by atoms with Crippen molar-refractivity contribution < 1.29 is 34.6 Å². The molecule has 0 bridgehead atoms. The molecule has 0 radical (unpaired) electrons. The molecule has 2 fully saturated rings. The van der Waals surface area contributed by atoms with Gasteiger partial charge in [0.15, 0.2) is 6.29 Å². The third-order valence-electron chi connectivity index (χ3n) is 3.21. The molecule has 7 nitrogen and oxygen atoms in total. The van der Waals surface area contributed by atoms with E-state index < -0.39 is 30.7 Å². The quantitative estimate of drug-likeness (QED) is 0.466. The molecule has 0 saturated carbocycles. The summed E-state index contributed by atoms with van der Waals surface area (Å²) >= 11 is 0. The molecule has 0 aromatic carbocycles. The Morgan fingerprint density at radius 3 is 2.56 bits per heavy atom. The van der Waals surface area contributed by atoms with Crippen LogP contribution in [0.1, 0.15) is 12.8 Å². The van der Waals surface area contributed by atoms with Gasteiger partial charge in [0.05, 0.1) is 38.1 Å². The summed E-state index contributed by atoms with van der Waals surface area (Å²) < 4.78 is 16.0. The number of hydrogen-bond donors (Lipinski definition) is 4. The van der Waals surface area contributed by atoms with Gasteiger partial charge < -0.3 is 34.6 Å². The Labute approximate surface area is 105 Å². The van der Waals surface area contributed by atoms with Gasteiger partial charge in [-0.2, -0.15) is 0 Å². The maximum absolute atomic E-state index is 9.63. The van der Waals surface area contributed by atoms with Gasteiger partial charge in [0, 0.05) is 12.8 Å². The lowest BCUT2D eigenvalue weighted by Crippen LogP contribution is -2.51. The molecule has 0 amide bonds. The minimum absolute atomic E-state index is 0.129. The van der Waals surface area contributed by atoms with Crippen LogP contribution < -0.4 is 0 Å². The van der Waals surface area contributed by atoms with Crippen molar-refractivity contribution >= 4 is 0 Å². The van der Waals surface area contributed by atoms with Gasteiger partial charge in [-0.3, -0.25) is 0 Å². The molecule has 0 aromatic rings. The van der Waals surface area contributed by atoms with E-state index in [1.54, 1.807) is 0 Å². The van der Waals surface area contributed by atoms with Gasteiger partial charge in [-0.1, -0.05) is 0 Å². The van der Waals surface area contributed by atoms with E-state index in [-0.39, 0.29) is 19.1 Å². The molecule has 106 valence electrons. The summed E-state index contributed by atoms with van der Waals surface area (Å²) in [5.74, 6) is 0. The summed E-state index contributed by atoms with van der Waals surface area (Å²) in [6, 6.07) is 0. The van der Waals surface area contributed by atoms with E-state index in [0.29, 0.717) is 19.6 Å². The van der Waals surface area contributed by atoms with Crippen LogP contribution in [0.15, 0.2) is 0 Å². The first-order valence-electron chi connectivity index (χ1n) is 6.14. The molecule has 2 rings (SSSR count). The van der Waals surface area contributed by atoms with E-state index in [1.807, 2.05) is 0 Å². The fourth-order valence-electron chi connectivity index (χ4n) is 2.24. The van der Waals surface area contributed by atoms with E-state index in [4.69, 9.17) is 19.3 Å². The van der Waals surface area contributed by atoms with Gasteiger partial charge in [-0.25, -0.2) is 0 Å². The van der Waals surface area contributed by atoms with Crippen LogP contribution in [0.2, 0.25) is 0 Å². The molecule has 2 saturated heterocycles. The van der Waals surface area contributed by atoms with Crippen molar-refractivity contribution in [3.8, 4) is 0 Å². The lowest BCUT2D eigenvalue weighted by atomic mass is 10.0. The maximum atomic E-state index is 9.63. The zero-order chi connectivity index (χ0) is 13.1. The summed E-state index contributed by atoms with van der Waals surface area (Å²) in [7, 11) is 0. The summed E-state index contributed by atoms with van der Waals surface area (Å²) in [5, 5.41) is 37.6. The summed E-state index contributed by atoms with van der Waals surface area (Å²) in [4.78, 5) is 0. The summed E-state index contributed by atoms with van der Waals surface area (Å²) in [5.41, 5.74) is 0. The van der Waals surface area contributed by atoms with Crippen LogP contribution in [0.3, 0.4) is 0 Å². The van der Waals surface area contributed by atoms with Gasteiger partial charge in [0.1, 0.15) is 12.2 Å². The average molecular weight is 264 g/mol. The molecular weight excluding hydrogens is 244 g/mol. The Balaban J connectivity index is 1.85. The minimum atomic E-state index is -1.11. The molecule has 2 heterocycles. The van der Waals surface area contributed by atoms with Gasteiger partial charge in [0.2, 0.25) is 0 Å². The molecule has 0 unspecified atom stereocenters. The largest absolute Gasteiger partial charge is 0.394 e. The van der Waals surface area contributed by atoms with Crippen LogP contribution in [-0.4, -0.2) is 77.1 Å². The molecule has 4 N–H and O–H groups in total. The van der Waals surface area contributed by atoms with E-state index in [9.17, 15) is 15.3 Å².